The molecule has 0 bridgehead atoms. The first-order chi connectivity index (χ1) is 7.97. The molecule has 102 valence electrons. The molecule has 2 atom stereocenters. The molecule has 4 nitrogen and oxygen atoms in total. The molecule has 0 saturated carbocycles. The number of aliphatic carboxylic acids is 1. The Kier molecular flexibility index (Phi) is 9.09. The van der Waals surface area contributed by atoms with Crippen LogP contribution in [0.5, 0.6) is 0 Å². The van der Waals surface area contributed by atoms with E-state index in [1.165, 1.54) is 0 Å². The highest BCUT2D eigenvalue weighted by Crippen LogP contribution is 2.08. The summed E-state index contributed by atoms with van der Waals surface area (Å²) in [6.07, 6.45) is 2.68. The molecule has 0 rings (SSSR count). The van der Waals surface area contributed by atoms with Crippen molar-refractivity contribution < 1.29 is 14.6 Å². The van der Waals surface area contributed by atoms with Gasteiger partial charge in [0.1, 0.15) is 6.04 Å². The minimum atomic E-state index is -0.793. The van der Waals surface area contributed by atoms with Crippen LogP contribution in [0.1, 0.15) is 47.0 Å². The van der Waals surface area contributed by atoms with Gasteiger partial charge in [0.2, 0.25) is 0 Å². The topological polar surface area (TPSA) is 58.6 Å². The zero-order valence-corrected chi connectivity index (χ0v) is 11.5. The molecule has 17 heavy (non-hydrogen) atoms. The molecule has 0 aromatic rings. The van der Waals surface area contributed by atoms with Crippen LogP contribution < -0.4 is 5.32 Å². The second-order valence-electron chi connectivity index (χ2n) is 4.94. The molecule has 0 fully saturated rings. The Balaban J connectivity index is 3.77. The Labute approximate surface area is 105 Å². The standard InChI is InChI=1S/C13H27NO3/c1-5-7-14-12(13(15)16)6-8-17-11(4)9-10(2)3/h10-12,14H,5-9H2,1-4H3,(H,15,16). The molecule has 2 N–H and O–H groups in total. The average Bonchev–Trinajstić information content (AvgIpc) is 2.21. The molecule has 4 heteroatoms. The minimum Gasteiger partial charge on any atom is -0.480 e. The molecule has 2 unspecified atom stereocenters. The van der Waals surface area contributed by atoms with Crippen molar-refractivity contribution in [2.45, 2.75) is 59.1 Å². The second-order valence-corrected chi connectivity index (χ2v) is 4.94. The second kappa shape index (κ2) is 9.42. The lowest BCUT2D eigenvalue weighted by Crippen LogP contribution is -2.38. The first kappa shape index (κ1) is 16.4. The monoisotopic (exact) mass is 245 g/mol. The van der Waals surface area contributed by atoms with Crippen LogP contribution in [0.15, 0.2) is 0 Å². The van der Waals surface area contributed by atoms with Gasteiger partial charge in [-0.3, -0.25) is 4.79 Å². The summed E-state index contributed by atoms with van der Waals surface area (Å²) >= 11 is 0. The van der Waals surface area contributed by atoms with Crippen LogP contribution in [-0.2, 0) is 9.53 Å². The molecule has 0 aliphatic rings. The Morgan fingerprint density at radius 3 is 2.47 bits per heavy atom. The SMILES string of the molecule is CCCNC(CCOC(C)CC(C)C)C(=O)O. The highest BCUT2D eigenvalue weighted by Gasteiger charge is 2.16. The van der Waals surface area contributed by atoms with Crippen LogP contribution in [-0.4, -0.2) is 36.4 Å². The summed E-state index contributed by atoms with van der Waals surface area (Å²) < 4.78 is 5.61. The zero-order chi connectivity index (χ0) is 13.3. The van der Waals surface area contributed by atoms with Gasteiger partial charge in [-0.2, -0.15) is 0 Å². The maximum absolute atomic E-state index is 10.9. The first-order valence-electron chi connectivity index (χ1n) is 6.55. The number of carboxylic acids is 1. The van der Waals surface area contributed by atoms with E-state index in [4.69, 9.17) is 9.84 Å². The number of carbonyl (C=O) groups is 1. The molecule has 0 amide bonds. The number of hydrogen-bond acceptors (Lipinski definition) is 3. The molecule has 0 aromatic carbocycles. The fourth-order valence-corrected chi connectivity index (χ4v) is 1.75. The van der Waals surface area contributed by atoms with Gasteiger partial charge in [-0.1, -0.05) is 20.8 Å². The number of nitrogens with one attached hydrogen (secondary N) is 1. The van der Waals surface area contributed by atoms with E-state index in [1.54, 1.807) is 0 Å². The van der Waals surface area contributed by atoms with E-state index in [9.17, 15) is 4.79 Å². The van der Waals surface area contributed by atoms with Gasteiger partial charge < -0.3 is 15.2 Å². The molecule has 0 radical (unpaired) electrons. The van der Waals surface area contributed by atoms with Crippen LogP contribution >= 0.6 is 0 Å². The summed E-state index contributed by atoms with van der Waals surface area (Å²) in [6, 6.07) is -0.485. The van der Waals surface area contributed by atoms with Gasteiger partial charge in [-0.25, -0.2) is 0 Å². The van der Waals surface area contributed by atoms with Gasteiger partial charge in [0.25, 0.3) is 0 Å². The summed E-state index contributed by atoms with van der Waals surface area (Å²) in [5.74, 6) is -0.183. The van der Waals surface area contributed by atoms with Gasteiger partial charge in [0.15, 0.2) is 0 Å². The van der Waals surface area contributed by atoms with Crippen molar-refractivity contribution in [2.24, 2.45) is 5.92 Å². The number of rotatable bonds is 10. The van der Waals surface area contributed by atoms with Crippen LogP contribution in [0.25, 0.3) is 0 Å². The third-order valence-corrected chi connectivity index (χ3v) is 2.55. The lowest BCUT2D eigenvalue weighted by molar-refractivity contribution is -0.140. The Hall–Kier alpha value is -0.610. The van der Waals surface area contributed by atoms with Crippen LogP contribution in [0.4, 0.5) is 0 Å². The van der Waals surface area contributed by atoms with Crippen LogP contribution in [0, 0.1) is 5.92 Å². The molecular weight excluding hydrogens is 218 g/mol. The van der Waals surface area contributed by atoms with Gasteiger partial charge in [0.05, 0.1) is 6.10 Å². The summed E-state index contributed by atoms with van der Waals surface area (Å²) in [5.41, 5.74) is 0. The third kappa shape index (κ3) is 9.12. The molecule has 0 aromatic heterocycles. The normalized spacial score (nSPS) is 14.9. The third-order valence-electron chi connectivity index (χ3n) is 2.55. The largest absolute Gasteiger partial charge is 0.480 e. The van der Waals surface area contributed by atoms with Crippen molar-refractivity contribution in [1.29, 1.82) is 0 Å². The van der Waals surface area contributed by atoms with E-state index in [2.05, 4.69) is 19.2 Å². The summed E-state index contributed by atoms with van der Waals surface area (Å²) in [5, 5.41) is 12.0. The maximum Gasteiger partial charge on any atom is 0.320 e. The predicted molar refractivity (Wildman–Crippen MR) is 69.2 cm³/mol. The van der Waals surface area contributed by atoms with Crippen molar-refractivity contribution in [3.05, 3.63) is 0 Å². The van der Waals surface area contributed by atoms with E-state index in [-0.39, 0.29) is 6.10 Å². The van der Waals surface area contributed by atoms with Gasteiger partial charge in [-0.15, -0.1) is 0 Å². The molecule has 0 aliphatic heterocycles. The van der Waals surface area contributed by atoms with Gasteiger partial charge in [-0.05, 0) is 38.6 Å². The fraction of sp³-hybridized carbons (Fsp3) is 0.923. The molecular formula is C13H27NO3. The zero-order valence-electron chi connectivity index (χ0n) is 11.5. The highest BCUT2D eigenvalue weighted by atomic mass is 16.5. The number of carboxylic acid groups (broad SMARTS) is 1. The Bertz CT molecular complexity index is 207. The Morgan fingerprint density at radius 1 is 1.35 bits per heavy atom. The molecule has 0 saturated heterocycles. The molecule has 0 heterocycles. The van der Waals surface area contributed by atoms with Crippen LogP contribution in [0.3, 0.4) is 0 Å². The molecule has 0 spiro atoms. The van der Waals surface area contributed by atoms with E-state index >= 15 is 0 Å². The summed E-state index contributed by atoms with van der Waals surface area (Å²) in [4.78, 5) is 10.9. The van der Waals surface area contributed by atoms with Gasteiger partial charge >= 0.3 is 5.97 Å². The van der Waals surface area contributed by atoms with Crippen molar-refractivity contribution in [3.63, 3.8) is 0 Å². The maximum atomic E-state index is 10.9. The van der Waals surface area contributed by atoms with Crippen LogP contribution in [0.2, 0.25) is 0 Å². The first-order valence-corrected chi connectivity index (χ1v) is 6.55. The average molecular weight is 245 g/mol. The van der Waals surface area contributed by atoms with E-state index < -0.39 is 12.0 Å². The van der Waals surface area contributed by atoms with Crippen molar-refractivity contribution >= 4 is 5.97 Å². The van der Waals surface area contributed by atoms with E-state index in [0.717, 1.165) is 19.4 Å². The lowest BCUT2D eigenvalue weighted by Gasteiger charge is -2.18. The quantitative estimate of drug-likeness (QED) is 0.620. The molecule has 0 aliphatic carbocycles. The van der Waals surface area contributed by atoms with Crippen molar-refractivity contribution in [3.8, 4) is 0 Å². The van der Waals surface area contributed by atoms with Crippen molar-refractivity contribution in [1.82, 2.24) is 5.32 Å². The van der Waals surface area contributed by atoms with Crippen molar-refractivity contribution in [2.75, 3.05) is 13.2 Å². The van der Waals surface area contributed by atoms with E-state index in [0.29, 0.717) is 18.9 Å². The Morgan fingerprint density at radius 2 is 2.00 bits per heavy atom. The fourth-order valence-electron chi connectivity index (χ4n) is 1.75. The number of ether oxygens (including phenoxy) is 1. The smallest absolute Gasteiger partial charge is 0.320 e. The predicted octanol–water partition coefficient (Wildman–Crippen LogP) is 2.28. The number of hydrogen-bond donors (Lipinski definition) is 2. The van der Waals surface area contributed by atoms with Gasteiger partial charge in [0, 0.05) is 6.61 Å². The van der Waals surface area contributed by atoms with E-state index in [1.807, 2.05) is 13.8 Å². The highest BCUT2D eigenvalue weighted by molar-refractivity contribution is 5.73. The summed E-state index contributed by atoms with van der Waals surface area (Å²) in [7, 11) is 0. The minimum absolute atomic E-state index is 0.204. The summed E-state index contributed by atoms with van der Waals surface area (Å²) in [6.45, 7) is 9.61. The lowest BCUT2D eigenvalue weighted by atomic mass is 10.1.